The topological polar surface area (TPSA) is 106 Å². The Hall–Kier alpha value is -3.17. The fraction of sp³-hybridized carbons (Fsp3) is 0.304. The first-order valence-electron chi connectivity index (χ1n) is 10.4. The van der Waals surface area contributed by atoms with Crippen molar-refractivity contribution in [2.45, 2.75) is 31.1 Å². The number of hydrogen-bond acceptors (Lipinski definition) is 6. The number of aryl methyl sites for hydroxylation is 1. The van der Waals surface area contributed by atoms with E-state index in [1.54, 1.807) is 30.3 Å². The van der Waals surface area contributed by atoms with Crippen molar-refractivity contribution in [1.82, 2.24) is 4.31 Å². The molecule has 4 rings (SSSR count). The highest BCUT2D eigenvalue weighted by Crippen LogP contribution is 2.24. The summed E-state index contributed by atoms with van der Waals surface area (Å²) in [6.07, 6.45) is 2.74. The summed E-state index contributed by atoms with van der Waals surface area (Å²) in [5, 5.41) is 3.45. The van der Waals surface area contributed by atoms with Crippen LogP contribution in [-0.4, -0.2) is 38.3 Å². The van der Waals surface area contributed by atoms with Gasteiger partial charge in [-0.2, -0.15) is 4.31 Å². The molecule has 0 atom stereocenters. The number of amides is 1. The predicted molar refractivity (Wildman–Crippen MR) is 120 cm³/mol. The average molecular weight is 457 g/mol. The van der Waals surface area contributed by atoms with E-state index in [-0.39, 0.29) is 11.5 Å². The van der Waals surface area contributed by atoms with Crippen molar-refractivity contribution in [2.75, 3.05) is 25.0 Å². The molecule has 0 radical (unpaired) electrons. The normalized spacial score (nSPS) is 14.9. The van der Waals surface area contributed by atoms with Gasteiger partial charge in [-0.3, -0.25) is 4.79 Å². The van der Waals surface area contributed by atoms with Crippen LogP contribution in [0.15, 0.2) is 62.6 Å². The number of nitrogens with one attached hydrogen (secondary N) is 1. The Labute approximate surface area is 185 Å². The Bertz CT molecular complexity index is 1310. The predicted octanol–water partition coefficient (Wildman–Crippen LogP) is 3.29. The van der Waals surface area contributed by atoms with E-state index in [1.165, 1.54) is 22.5 Å². The van der Waals surface area contributed by atoms with E-state index in [1.807, 2.05) is 6.92 Å². The molecule has 8 nitrogen and oxygen atoms in total. The van der Waals surface area contributed by atoms with Gasteiger partial charge in [0.2, 0.25) is 10.0 Å². The number of sulfonamides is 1. The first kappa shape index (κ1) is 22.0. The summed E-state index contributed by atoms with van der Waals surface area (Å²) in [6.45, 7) is 2.55. The number of piperidine rings is 1. The molecule has 1 fully saturated rings. The van der Waals surface area contributed by atoms with Gasteiger partial charge in [-0.1, -0.05) is 12.5 Å². The molecule has 2 aromatic carbocycles. The van der Waals surface area contributed by atoms with Crippen LogP contribution in [0.1, 0.15) is 24.8 Å². The summed E-state index contributed by atoms with van der Waals surface area (Å²) in [4.78, 5) is 24.1. The number of carbonyl (C=O) groups excluding carboxylic acids is 1. The average Bonchev–Trinajstić information content (AvgIpc) is 2.78. The Morgan fingerprint density at radius 2 is 1.88 bits per heavy atom. The second-order valence-corrected chi connectivity index (χ2v) is 9.67. The van der Waals surface area contributed by atoms with Gasteiger partial charge in [0.1, 0.15) is 11.3 Å². The molecule has 0 spiro atoms. The molecular weight excluding hydrogens is 432 g/mol. The largest absolute Gasteiger partial charge is 0.484 e. The zero-order chi connectivity index (χ0) is 22.7. The van der Waals surface area contributed by atoms with Gasteiger partial charge < -0.3 is 14.5 Å². The summed E-state index contributed by atoms with van der Waals surface area (Å²) in [5.41, 5.74) is 1.09. The van der Waals surface area contributed by atoms with Crippen molar-refractivity contribution < 1.29 is 22.4 Å². The number of benzene rings is 2. The summed E-state index contributed by atoms with van der Waals surface area (Å²) in [5.74, 6) is -0.0638. The van der Waals surface area contributed by atoms with Crippen LogP contribution in [0.2, 0.25) is 0 Å². The zero-order valence-corrected chi connectivity index (χ0v) is 18.5. The number of carbonyl (C=O) groups is 1. The monoisotopic (exact) mass is 456 g/mol. The highest BCUT2D eigenvalue weighted by molar-refractivity contribution is 7.89. The van der Waals surface area contributed by atoms with Gasteiger partial charge in [0.05, 0.1) is 4.90 Å². The fourth-order valence-corrected chi connectivity index (χ4v) is 5.29. The highest BCUT2D eigenvalue weighted by Gasteiger charge is 2.26. The maximum absolute atomic E-state index is 12.8. The third-order valence-electron chi connectivity index (χ3n) is 5.36. The molecule has 1 aliphatic heterocycles. The molecule has 1 aromatic heterocycles. The third-order valence-corrected chi connectivity index (χ3v) is 7.26. The molecule has 1 saturated heterocycles. The minimum absolute atomic E-state index is 0.151. The molecule has 0 saturated carbocycles. The molecule has 3 aromatic rings. The second kappa shape index (κ2) is 9.13. The summed E-state index contributed by atoms with van der Waals surface area (Å²) in [6, 6.07) is 12.6. The molecule has 1 amide bonds. The third kappa shape index (κ3) is 4.84. The van der Waals surface area contributed by atoms with Crippen LogP contribution in [0.3, 0.4) is 0 Å². The Balaban J connectivity index is 1.42. The van der Waals surface area contributed by atoms with Crippen molar-refractivity contribution in [3.05, 3.63) is 64.5 Å². The van der Waals surface area contributed by atoms with E-state index in [2.05, 4.69) is 5.32 Å². The Morgan fingerprint density at radius 3 is 2.66 bits per heavy atom. The van der Waals surface area contributed by atoms with Crippen LogP contribution in [0.5, 0.6) is 5.75 Å². The van der Waals surface area contributed by atoms with Crippen LogP contribution >= 0.6 is 0 Å². The lowest BCUT2D eigenvalue weighted by atomic mass is 10.1. The first-order valence-corrected chi connectivity index (χ1v) is 11.8. The quantitative estimate of drug-likeness (QED) is 0.571. The molecule has 0 unspecified atom stereocenters. The molecule has 0 bridgehead atoms. The van der Waals surface area contributed by atoms with E-state index in [0.717, 1.165) is 30.2 Å². The van der Waals surface area contributed by atoms with Crippen molar-refractivity contribution >= 4 is 32.6 Å². The highest BCUT2D eigenvalue weighted by atomic mass is 32.2. The summed E-state index contributed by atoms with van der Waals surface area (Å²) < 4.78 is 37.9. The number of fused-ring (bicyclic) bond motifs is 1. The fourth-order valence-electron chi connectivity index (χ4n) is 3.73. The van der Waals surface area contributed by atoms with E-state index >= 15 is 0 Å². The van der Waals surface area contributed by atoms with Gasteiger partial charge in [0, 0.05) is 36.3 Å². The van der Waals surface area contributed by atoms with E-state index in [4.69, 9.17) is 9.15 Å². The number of nitrogens with zero attached hydrogens (tertiary/aromatic N) is 1. The van der Waals surface area contributed by atoms with Crippen molar-refractivity contribution in [3.8, 4) is 5.75 Å². The number of rotatable bonds is 6. The van der Waals surface area contributed by atoms with Gasteiger partial charge in [0.25, 0.3) is 5.91 Å². The van der Waals surface area contributed by atoms with Gasteiger partial charge >= 0.3 is 5.63 Å². The van der Waals surface area contributed by atoms with Crippen molar-refractivity contribution in [3.63, 3.8) is 0 Å². The molecule has 0 aliphatic carbocycles. The van der Waals surface area contributed by atoms with Crippen LogP contribution in [-0.2, 0) is 14.8 Å². The number of ether oxygens (including phenoxy) is 1. The van der Waals surface area contributed by atoms with Crippen LogP contribution < -0.4 is 15.7 Å². The molecule has 2 heterocycles. The smallest absolute Gasteiger partial charge is 0.336 e. The van der Waals surface area contributed by atoms with E-state index in [0.29, 0.717) is 30.1 Å². The molecule has 32 heavy (non-hydrogen) atoms. The summed E-state index contributed by atoms with van der Waals surface area (Å²) >= 11 is 0. The standard InChI is InChI=1S/C23H24N2O6S/c1-16-12-23(27)31-21-14-18(8-9-20(16)21)30-15-22(26)24-17-6-5-7-19(13-17)32(28,29)25-10-3-2-4-11-25/h5-9,12-14H,2-4,10-11,15H2,1H3,(H,24,26). The van der Waals surface area contributed by atoms with Crippen LogP contribution in [0.4, 0.5) is 5.69 Å². The van der Waals surface area contributed by atoms with Crippen molar-refractivity contribution in [1.29, 1.82) is 0 Å². The molecule has 1 N–H and O–H groups in total. The second-order valence-electron chi connectivity index (χ2n) is 7.74. The minimum atomic E-state index is -3.59. The Kier molecular flexibility index (Phi) is 6.29. The molecule has 168 valence electrons. The minimum Gasteiger partial charge on any atom is -0.484 e. The first-order chi connectivity index (χ1) is 15.3. The lowest BCUT2D eigenvalue weighted by molar-refractivity contribution is -0.118. The molecular formula is C23H24N2O6S. The Morgan fingerprint density at radius 1 is 1.09 bits per heavy atom. The van der Waals surface area contributed by atoms with Gasteiger partial charge in [0.15, 0.2) is 6.61 Å². The van der Waals surface area contributed by atoms with Crippen LogP contribution in [0, 0.1) is 6.92 Å². The summed E-state index contributed by atoms with van der Waals surface area (Å²) in [7, 11) is -3.59. The molecule has 9 heteroatoms. The van der Waals surface area contributed by atoms with E-state index < -0.39 is 21.6 Å². The van der Waals surface area contributed by atoms with Gasteiger partial charge in [-0.25, -0.2) is 13.2 Å². The number of anilines is 1. The lowest BCUT2D eigenvalue weighted by Crippen LogP contribution is -2.35. The maximum Gasteiger partial charge on any atom is 0.336 e. The zero-order valence-electron chi connectivity index (χ0n) is 17.7. The van der Waals surface area contributed by atoms with Crippen molar-refractivity contribution in [2.24, 2.45) is 0 Å². The molecule has 1 aliphatic rings. The lowest BCUT2D eigenvalue weighted by Gasteiger charge is -2.26. The van der Waals surface area contributed by atoms with Gasteiger partial charge in [-0.05, 0) is 55.7 Å². The van der Waals surface area contributed by atoms with E-state index in [9.17, 15) is 18.0 Å². The van der Waals surface area contributed by atoms with Crippen LogP contribution in [0.25, 0.3) is 11.0 Å². The maximum atomic E-state index is 12.8. The SMILES string of the molecule is Cc1cc(=O)oc2cc(OCC(=O)Nc3cccc(S(=O)(=O)N4CCCCC4)c3)ccc12. The van der Waals surface area contributed by atoms with Gasteiger partial charge in [-0.15, -0.1) is 0 Å². The number of hydrogen-bond donors (Lipinski definition) is 1.